The normalized spacial score (nSPS) is 12.0. The molecule has 0 spiro atoms. The number of ether oxygens (including phenoxy) is 1. The lowest BCUT2D eigenvalue weighted by atomic mass is 10.4. The number of aromatic nitrogens is 1. The molecule has 0 aliphatic heterocycles. The largest absolute Gasteiger partial charge is 0.401 e. The molecule has 0 aliphatic rings. The first-order valence-corrected chi connectivity index (χ1v) is 6.17. The standard InChI is InChI=1S/C10H15F3N2OS/c1-2-3-16-5-9-15-8(6-17-9)4-14-7-10(11,12)13/h6,14H,2-5,7H2,1H3. The van der Waals surface area contributed by atoms with Crippen molar-refractivity contribution in [3.8, 4) is 0 Å². The third-order valence-electron chi connectivity index (χ3n) is 1.80. The van der Waals surface area contributed by atoms with Crippen LogP contribution in [-0.2, 0) is 17.9 Å². The topological polar surface area (TPSA) is 34.1 Å². The highest BCUT2D eigenvalue weighted by Crippen LogP contribution is 2.14. The van der Waals surface area contributed by atoms with Gasteiger partial charge < -0.3 is 10.1 Å². The summed E-state index contributed by atoms with van der Waals surface area (Å²) in [5.41, 5.74) is 0.620. The van der Waals surface area contributed by atoms with Crippen molar-refractivity contribution in [1.29, 1.82) is 0 Å². The van der Waals surface area contributed by atoms with Crippen LogP contribution in [0.1, 0.15) is 24.0 Å². The number of hydrogen-bond acceptors (Lipinski definition) is 4. The molecule has 1 aromatic rings. The molecule has 7 heteroatoms. The molecular formula is C10H15F3N2OS. The average molecular weight is 268 g/mol. The van der Waals surface area contributed by atoms with Gasteiger partial charge >= 0.3 is 6.18 Å². The Kier molecular flexibility index (Phi) is 5.87. The number of hydrogen-bond donors (Lipinski definition) is 1. The predicted molar refractivity (Wildman–Crippen MR) is 59.8 cm³/mol. The van der Waals surface area contributed by atoms with E-state index in [1.165, 1.54) is 11.3 Å². The van der Waals surface area contributed by atoms with Gasteiger partial charge in [0.05, 0.1) is 18.8 Å². The predicted octanol–water partition coefficient (Wildman–Crippen LogP) is 2.72. The van der Waals surface area contributed by atoms with E-state index in [0.717, 1.165) is 11.4 Å². The molecule has 0 unspecified atom stereocenters. The zero-order valence-corrected chi connectivity index (χ0v) is 10.3. The summed E-state index contributed by atoms with van der Waals surface area (Å²) in [6.45, 7) is 2.24. The lowest BCUT2D eigenvalue weighted by Gasteiger charge is -2.06. The van der Waals surface area contributed by atoms with Gasteiger partial charge in [0.25, 0.3) is 0 Å². The second-order valence-electron chi connectivity index (χ2n) is 3.50. The van der Waals surface area contributed by atoms with Gasteiger partial charge in [0.1, 0.15) is 5.01 Å². The molecule has 0 saturated heterocycles. The Morgan fingerprint density at radius 3 is 2.88 bits per heavy atom. The minimum atomic E-state index is -4.18. The summed E-state index contributed by atoms with van der Waals surface area (Å²) < 4.78 is 40.9. The Balaban J connectivity index is 2.26. The van der Waals surface area contributed by atoms with Crippen molar-refractivity contribution in [1.82, 2.24) is 10.3 Å². The summed E-state index contributed by atoms with van der Waals surface area (Å²) in [5, 5.41) is 4.84. The lowest BCUT2D eigenvalue weighted by molar-refractivity contribution is -0.125. The summed E-state index contributed by atoms with van der Waals surface area (Å²) in [6.07, 6.45) is -3.24. The highest BCUT2D eigenvalue weighted by Gasteiger charge is 2.26. The minimum Gasteiger partial charge on any atom is -0.374 e. The molecule has 1 rings (SSSR count). The van der Waals surface area contributed by atoms with Crippen LogP contribution in [0.15, 0.2) is 5.38 Å². The van der Waals surface area contributed by atoms with Crippen molar-refractivity contribution in [2.24, 2.45) is 0 Å². The van der Waals surface area contributed by atoms with E-state index in [4.69, 9.17) is 4.74 Å². The molecule has 0 aromatic carbocycles. The maximum Gasteiger partial charge on any atom is 0.401 e. The summed E-state index contributed by atoms with van der Waals surface area (Å²) in [5.74, 6) is 0. The maximum atomic E-state index is 11.9. The number of rotatable bonds is 7. The number of alkyl halides is 3. The van der Waals surface area contributed by atoms with Gasteiger partial charge in [-0.2, -0.15) is 13.2 Å². The third kappa shape index (κ3) is 6.60. The first-order valence-electron chi connectivity index (χ1n) is 5.29. The highest BCUT2D eigenvalue weighted by molar-refractivity contribution is 7.09. The fourth-order valence-corrected chi connectivity index (χ4v) is 1.86. The Morgan fingerprint density at radius 2 is 2.24 bits per heavy atom. The van der Waals surface area contributed by atoms with Crippen molar-refractivity contribution in [2.45, 2.75) is 32.7 Å². The van der Waals surface area contributed by atoms with Crippen LogP contribution in [0.25, 0.3) is 0 Å². The van der Waals surface area contributed by atoms with Gasteiger partial charge in [-0.05, 0) is 6.42 Å². The van der Waals surface area contributed by atoms with E-state index in [2.05, 4.69) is 10.3 Å². The van der Waals surface area contributed by atoms with Crippen molar-refractivity contribution in [3.63, 3.8) is 0 Å². The van der Waals surface area contributed by atoms with Crippen molar-refractivity contribution >= 4 is 11.3 Å². The van der Waals surface area contributed by atoms with Gasteiger partial charge in [-0.15, -0.1) is 11.3 Å². The molecule has 98 valence electrons. The molecule has 17 heavy (non-hydrogen) atoms. The maximum absolute atomic E-state index is 11.9. The van der Waals surface area contributed by atoms with Crippen LogP contribution < -0.4 is 5.32 Å². The monoisotopic (exact) mass is 268 g/mol. The van der Waals surface area contributed by atoms with E-state index in [9.17, 15) is 13.2 Å². The second kappa shape index (κ2) is 6.93. The minimum absolute atomic E-state index is 0.129. The summed E-state index contributed by atoms with van der Waals surface area (Å²) in [4.78, 5) is 4.17. The number of nitrogens with one attached hydrogen (secondary N) is 1. The smallest absolute Gasteiger partial charge is 0.374 e. The molecule has 0 amide bonds. The van der Waals surface area contributed by atoms with Crippen LogP contribution in [0.3, 0.4) is 0 Å². The SMILES string of the molecule is CCCOCc1nc(CNCC(F)(F)F)cs1. The molecule has 3 nitrogen and oxygen atoms in total. The Labute approximate surface area is 102 Å². The van der Waals surface area contributed by atoms with Crippen molar-refractivity contribution in [2.75, 3.05) is 13.2 Å². The molecule has 1 N–H and O–H groups in total. The van der Waals surface area contributed by atoms with Crippen LogP contribution in [0, 0.1) is 0 Å². The lowest BCUT2D eigenvalue weighted by Crippen LogP contribution is -2.28. The van der Waals surface area contributed by atoms with Gasteiger partial charge in [0, 0.05) is 18.5 Å². The van der Waals surface area contributed by atoms with Crippen LogP contribution in [0.2, 0.25) is 0 Å². The van der Waals surface area contributed by atoms with Crippen molar-refractivity contribution in [3.05, 3.63) is 16.1 Å². The Bertz CT molecular complexity index is 328. The molecule has 0 bridgehead atoms. The molecule has 0 saturated carbocycles. The number of thiazole rings is 1. The summed E-state index contributed by atoms with van der Waals surface area (Å²) in [7, 11) is 0. The molecule has 0 fully saturated rings. The summed E-state index contributed by atoms with van der Waals surface area (Å²) >= 11 is 1.40. The van der Waals surface area contributed by atoms with E-state index in [1.807, 2.05) is 6.92 Å². The Morgan fingerprint density at radius 1 is 1.47 bits per heavy atom. The molecule has 1 heterocycles. The number of nitrogens with zero attached hydrogens (tertiary/aromatic N) is 1. The van der Waals surface area contributed by atoms with Crippen LogP contribution >= 0.6 is 11.3 Å². The molecule has 0 radical (unpaired) electrons. The number of halogens is 3. The molecule has 1 aromatic heterocycles. The van der Waals surface area contributed by atoms with E-state index >= 15 is 0 Å². The third-order valence-corrected chi connectivity index (χ3v) is 2.68. The second-order valence-corrected chi connectivity index (χ2v) is 4.45. The fraction of sp³-hybridized carbons (Fsp3) is 0.700. The van der Waals surface area contributed by atoms with E-state index in [-0.39, 0.29) is 6.54 Å². The quantitative estimate of drug-likeness (QED) is 0.772. The average Bonchev–Trinajstić information content (AvgIpc) is 2.64. The van der Waals surface area contributed by atoms with Gasteiger partial charge in [0.2, 0.25) is 0 Å². The van der Waals surface area contributed by atoms with Crippen LogP contribution in [0.5, 0.6) is 0 Å². The summed E-state index contributed by atoms with van der Waals surface area (Å²) in [6, 6.07) is 0. The molecule has 0 atom stereocenters. The van der Waals surface area contributed by atoms with Gasteiger partial charge in [-0.25, -0.2) is 4.98 Å². The highest BCUT2D eigenvalue weighted by atomic mass is 32.1. The van der Waals surface area contributed by atoms with Gasteiger partial charge in [-0.1, -0.05) is 6.92 Å². The van der Waals surface area contributed by atoms with Crippen LogP contribution in [0.4, 0.5) is 13.2 Å². The van der Waals surface area contributed by atoms with E-state index in [1.54, 1.807) is 5.38 Å². The van der Waals surface area contributed by atoms with E-state index < -0.39 is 12.7 Å². The van der Waals surface area contributed by atoms with Crippen LogP contribution in [-0.4, -0.2) is 24.3 Å². The van der Waals surface area contributed by atoms with Gasteiger partial charge in [0.15, 0.2) is 0 Å². The molecule has 0 aliphatic carbocycles. The first kappa shape index (κ1) is 14.4. The first-order chi connectivity index (χ1) is 8.01. The van der Waals surface area contributed by atoms with Crippen molar-refractivity contribution < 1.29 is 17.9 Å². The zero-order valence-electron chi connectivity index (χ0n) is 9.51. The van der Waals surface area contributed by atoms with E-state index in [0.29, 0.717) is 18.9 Å². The van der Waals surface area contributed by atoms with Gasteiger partial charge in [-0.3, -0.25) is 0 Å². The molecular weight excluding hydrogens is 253 g/mol. The fourth-order valence-electron chi connectivity index (χ4n) is 1.13. The Hall–Kier alpha value is -0.660. The zero-order chi connectivity index (χ0) is 12.7.